The number of piperidine rings is 1. The largest absolute Gasteiger partial charge is 0.357 e. The van der Waals surface area contributed by atoms with Gasteiger partial charge in [-0.1, -0.05) is 6.92 Å². The minimum absolute atomic E-state index is 0. The van der Waals surface area contributed by atoms with Gasteiger partial charge in [0.2, 0.25) is 0 Å². The fourth-order valence-electron chi connectivity index (χ4n) is 3.44. The quantitative estimate of drug-likeness (QED) is 0.453. The summed E-state index contributed by atoms with van der Waals surface area (Å²) >= 11 is 0. The van der Waals surface area contributed by atoms with Crippen molar-refractivity contribution in [3.8, 4) is 0 Å². The Bertz CT molecular complexity index is 527. The lowest BCUT2D eigenvalue weighted by Gasteiger charge is -2.33. The molecule has 1 atom stereocenters. The maximum absolute atomic E-state index is 4.83. The van der Waals surface area contributed by atoms with Gasteiger partial charge in [0.05, 0.1) is 0 Å². The number of rotatable bonds is 3. The van der Waals surface area contributed by atoms with Gasteiger partial charge in [-0.25, -0.2) is 4.99 Å². The number of guanidine groups is 1. The third kappa shape index (κ3) is 4.58. The highest BCUT2D eigenvalue weighted by Crippen LogP contribution is 2.17. The molecule has 2 aliphatic rings. The second kappa shape index (κ2) is 8.84. The summed E-state index contributed by atoms with van der Waals surface area (Å²) in [5.41, 5.74) is 0. The van der Waals surface area contributed by atoms with Crippen LogP contribution in [0.25, 0.3) is 0 Å². The monoisotopic (exact) mass is 432 g/mol. The lowest BCUT2D eigenvalue weighted by atomic mass is 10.0. The van der Waals surface area contributed by atoms with Gasteiger partial charge < -0.3 is 14.8 Å². The van der Waals surface area contributed by atoms with Gasteiger partial charge in [-0.2, -0.15) is 0 Å². The Kier molecular flexibility index (Phi) is 7.10. The van der Waals surface area contributed by atoms with Gasteiger partial charge in [0.25, 0.3) is 0 Å². The summed E-state index contributed by atoms with van der Waals surface area (Å²) < 4.78 is 2.26. The van der Waals surface area contributed by atoms with Crippen LogP contribution in [-0.2, 0) is 19.5 Å². The van der Waals surface area contributed by atoms with E-state index in [9.17, 15) is 0 Å². The van der Waals surface area contributed by atoms with Gasteiger partial charge in [0, 0.05) is 32.6 Å². The molecule has 0 bridgehead atoms. The van der Waals surface area contributed by atoms with Crippen LogP contribution >= 0.6 is 24.0 Å². The van der Waals surface area contributed by atoms with Gasteiger partial charge >= 0.3 is 0 Å². The topological polar surface area (TPSA) is 58.3 Å². The molecule has 0 aliphatic carbocycles. The molecule has 6 nitrogen and oxygen atoms in total. The summed E-state index contributed by atoms with van der Waals surface area (Å²) in [4.78, 5) is 7.22. The summed E-state index contributed by atoms with van der Waals surface area (Å²) in [6.07, 6.45) is 6.10. The summed E-state index contributed by atoms with van der Waals surface area (Å²) in [5, 5.41) is 12.1. The molecule has 7 heteroatoms. The molecule has 0 aromatic carbocycles. The van der Waals surface area contributed by atoms with E-state index in [1.807, 2.05) is 0 Å². The Labute approximate surface area is 156 Å². The molecule has 1 unspecified atom stereocenters. The van der Waals surface area contributed by atoms with Crippen molar-refractivity contribution in [1.82, 2.24) is 25.0 Å². The molecule has 1 fully saturated rings. The molecule has 1 saturated heterocycles. The summed E-state index contributed by atoms with van der Waals surface area (Å²) in [7, 11) is 0. The minimum atomic E-state index is 0. The number of nitrogens with zero attached hydrogens (tertiary/aromatic N) is 5. The Morgan fingerprint density at radius 3 is 2.91 bits per heavy atom. The Balaban J connectivity index is 0.00000192. The van der Waals surface area contributed by atoms with Crippen LogP contribution in [0.3, 0.4) is 0 Å². The summed E-state index contributed by atoms with van der Waals surface area (Å²) in [6.45, 7) is 9.23. The number of fused-ring (bicyclic) bond motifs is 1. The molecule has 0 spiro atoms. The Morgan fingerprint density at radius 2 is 2.13 bits per heavy atom. The normalized spacial score (nSPS) is 21.6. The van der Waals surface area contributed by atoms with Gasteiger partial charge in [-0.15, -0.1) is 34.2 Å². The second-order valence-electron chi connectivity index (χ2n) is 6.50. The van der Waals surface area contributed by atoms with Crippen LogP contribution in [0, 0.1) is 5.92 Å². The van der Waals surface area contributed by atoms with Crippen LogP contribution in [0.4, 0.5) is 0 Å². The van der Waals surface area contributed by atoms with Gasteiger partial charge in [0.15, 0.2) is 11.8 Å². The van der Waals surface area contributed by atoms with Gasteiger partial charge in [-0.05, 0) is 38.5 Å². The predicted octanol–water partition coefficient (Wildman–Crippen LogP) is 2.43. The van der Waals surface area contributed by atoms with Crippen molar-refractivity contribution in [2.75, 3.05) is 19.6 Å². The molecule has 1 N–H and O–H groups in total. The number of aryl methyl sites for hydroxylation is 1. The number of aromatic nitrogens is 3. The van der Waals surface area contributed by atoms with E-state index < -0.39 is 0 Å². The van der Waals surface area contributed by atoms with E-state index >= 15 is 0 Å². The third-order valence-corrected chi connectivity index (χ3v) is 4.60. The molecule has 0 radical (unpaired) electrons. The first kappa shape index (κ1) is 18.5. The highest BCUT2D eigenvalue weighted by molar-refractivity contribution is 14.0. The number of aliphatic imine (C=N–C) groups is 1. The van der Waals surface area contributed by atoms with E-state index in [0.717, 1.165) is 56.1 Å². The van der Waals surface area contributed by atoms with Crippen molar-refractivity contribution < 1.29 is 0 Å². The first-order chi connectivity index (χ1) is 10.8. The molecule has 1 aromatic heterocycles. The third-order valence-electron chi connectivity index (χ3n) is 4.60. The smallest absolute Gasteiger partial charge is 0.194 e. The van der Waals surface area contributed by atoms with Crippen molar-refractivity contribution in [2.45, 2.75) is 59.0 Å². The van der Waals surface area contributed by atoms with E-state index in [2.05, 4.69) is 38.8 Å². The van der Waals surface area contributed by atoms with E-state index in [1.54, 1.807) is 0 Å². The van der Waals surface area contributed by atoms with Crippen molar-refractivity contribution in [1.29, 1.82) is 0 Å². The van der Waals surface area contributed by atoms with Crippen LogP contribution in [0.15, 0.2) is 4.99 Å². The fourth-order valence-corrected chi connectivity index (χ4v) is 3.44. The Hall–Kier alpha value is -0.860. The zero-order valence-electron chi connectivity index (χ0n) is 14.3. The standard InChI is InChI=1S/C16H28N6.HI/c1-3-17-16(21-9-6-7-13(2)12-21)18-11-15-20-19-14-8-4-5-10-22(14)15;/h13H,3-12H2,1-2H3,(H,17,18);1H. The lowest BCUT2D eigenvalue weighted by molar-refractivity contribution is 0.266. The van der Waals surface area contributed by atoms with Crippen LogP contribution < -0.4 is 5.32 Å². The molecule has 130 valence electrons. The number of likely N-dealkylation sites (tertiary alicyclic amines) is 1. The number of hydrogen-bond donors (Lipinski definition) is 1. The van der Waals surface area contributed by atoms with Crippen molar-refractivity contribution in [2.24, 2.45) is 10.9 Å². The molecular formula is C16H29IN6. The number of hydrogen-bond acceptors (Lipinski definition) is 3. The zero-order chi connectivity index (χ0) is 15.4. The van der Waals surface area contributed by atoms with Crippen molar-refractivity contribution in [3.05, 3.63) is 11.6 Å². The first-order valence-corrected chi connectivity index (χ1v) is 8.72. The molecule has 0 saturated carbocycles. The Morgan fingerprint density at radius 1 is 1.26 bits per heavy atom. The van der Waals surface area contributed by atoms with Crippen molar-refractivity contribution >= 4 is 29.9 Å². The molecule has 3 heterocycles. The highest BCUT2D eigenvalue weighted by Gasteiger charge is 2.20. The fraction of sp³-hybridized carbons (Fsp3) is 0.812. The maximum Gasteiger partial charge on any atom is 0.194 e. The van der Waals surface area contributed by atoms with E-state index in [-0.39, 0.29) is 24.0 Å². The van der Waals surface area contributed by atoms with Crippen LogP contribution in [0.2, 0.25) is 0 Å². The minimum Gasteiger partial charge on any atom is -0.357 e. The molecular weight excluding hydrogens is 403 g/mol. The molecule has 3 rings (SSSR count). The first-order valence-electron chi connectivity index (χ1n) is 8.72. The van der Waals surface area contributed by atoms with Gasteiger partial charge in [0.1, 0.15) is 12.4 Å². The number of halogens is 1. The van der Waals surface area contributed by atoms with Crippen LogP contribution in [0.5, 0.6) is 0 Å². The zero-order valence-corrected chi connectivity index (χ0v) is 16.6. The van der Waals surface area contributed by atoms with Gasteiger partial charge in [-0.3, -0.25) is 0 Å². The molecule has 1 aromatic rings. The van der Waals surface area contributed by atoms with E-state index in [4.69, 9.17) is 4.99 Å². The average Bonchev–Trinajstić information content (AvgIpc) is 2.95. The number of nitrogens with one attached hydrogen (secondary N) is 1. The summed E-state index contributed by atoms with van der Waals surface area (Å²) in [6, 6.07) is 0. The van der Waals surface area contributed by atoms with Crippen molar-refractivity contribution in [3.63, 3.8) is 0 Å². The molecule has 23 heavy (non-hydrogen) atoms. The predicted molar refractivity (Wildman–Crippen MR) is 103 cm³/mol. The van der Waals surface area contributed by atoms with Crippen LogP contribution in [-0.4, -0.2) is 45.3 Å². The average molecular weight is 432 g/mol. The maximum atomic E-state index is 4.83. The van der Waals surface area contributed by atoms with E-state index in [1.165, 1.54) is 25.7 Å². The SMILES string of the molecule is CCNC(=NCc1nnc2n1CCCC2)N1CCCC(C)C1.I. The highest BCUT2D eigenvalue weighted by atomic mass is 127. The van der Waals surface area contributed by atoms with E-state index in [0.29, 0.717) is 6.54 Å². The van der Waals surface area contributed by atoms with Crippen LogP contribution in [0.1, 0.15) is 51.2 Å². The second-order valence-corrected chi connectivity index (χ2v) is 6.50. The molecule has 2 aliphatic heterocycles. The molecule has 0 amide bonds. The lowest BCUT2D eigenvalue weighted by Crippen LogP contribution is -2.46. The summed E-state index contributed by atoms with van der Waals surface area (Å²) in [5.74, 6) is 3.92.